The summed E-state index contributed by atoms with van der Waals surface area (Å²) in [5, 5.41) is 13.4. The number of hydrogen-bond donors (Lipinski definition) is 2. The molecule has 0 aromatic heterocycles. The molecule has 150 valence electrons. The van der Waals surface area contributed by atoms with Crippen LogP contribution in [-0.4, -0.2) is 48.8 Å². The predicted molar refractivity (Wildman–Crippen MR) is 111 cm³/mol. The Morgan fingerprint density at radius 1 is 1.14 bits per heavy atom. The van der Waals surface area contributed by atoms with Gasteiger partial charge < -0.3 is 24.8 Å². The van der Waals surface area contributed by atoms with Gasteiger partial charge in [0.15, 0.2) is 5.96 Å². The fraction of sp³-hybridized carbons (Fsp3) is 0.409. The summed E-state index contributed by atoms with van der Waals surface area (Å²) in [6, 6.07) is 15.2. The highest BCUT2D eigenvalue weighted by molar-refractivity contribution is 5.80. The first-order valence-electron chi connectivity index (χ1n) is 9.80. The molecule has 0 radical (unpaired) electrons. The Morgan fingerprint density at radius 2 is 1.89 bits per heavy atom. The van der Waals surface area contributed by atoms with E-state index in [1.54, 1.807) is 19.2 Å². The Kier molecular flexibility index (Phi) is 7.00. The number of methoxy groups -OCH3 is 1. The lowest BCUT2D eigenvalue weighted by atomic mass is 10.1. The number of ether oxygens (including phenoxy) is 2. The Balaban J connectivity index is 1.60. The molecule has 1 heterocycles. The van der Waals surface area contributed by atoms with E-state index >= 15 is 0 Å². The molecule has 0 atom stereocenters. The van der Waals surface area contributed by atoms with E-state index in [9.17, 15) is 5.11 Å². The molecular formula is C22H29N3O3. The van der Waals surface area contributed by atoms with E-state index in [4.69, 9.17) is 14.5 Å². The average Bonchev–Trinajstić information content (AvgIpc) is 2.73. The summed E-state index contributed by atoms with van der Waals surface area (Å²) in [5.74, 6) is 2.74. The van der Waals surface area contributed by atoms with Crippen LogP contribution in [0.5, 0.6) is 17.2 Å². The fourth-order valence-corrected chi connectivity index (χ4v) is 3.28. The molecule has 1 saturated heterocycles. The summed E-state index contributed by atoms with van der Waals surface area (Å²) < 4.78 is 11.3. The van der Waals surface area contributed by atoms with Crippen LogP contribution in [0.1, 0.15) is 25.3 Å². The quantitative estimate of drug-likeness (QED) is 0.591. The fourth-order valence-electron chi connectivity index (χ4n) is 3.28. The molecule has 1 fully saturated rings. The number of hydrogen-bond acceptors (Lipinski definition) is 4. The van der Waals surface area contributed by atoms with Crippen molar-refractivity contribution in [1.29, 1.82) is 0 Å². The normalized spacial score (nSPS) is 15.4. The van der Waals surface area contributed by atoms with E-state index in [0.29, 0.717) is 12.3 Å². The smallest absolute Gasteiger partial charge is 0.194 e. The SMILES string of the molecule is CCNC(=NCc1cc(OC)ccc1O)N1CCC(Oc2ccccc2)CC1. The number of benzene rings is 2. The lowest BCUT2D eigenvalue weighted by Crippen LogP contribution is -2.47. The van der Waals surface area contributed by atoms with Crippen molar-refractivity contribution in [2.24, 2.45) is 4.99 Å². The van der Waals surface area contributed by atoms with Crippen molar-refractivity contribution in [3.63, 3.8) is 0 Å². The van der Waals surface area contributed by atoms with Crippen molar-refractivity contribution in [2.45, 2.75) is 32.4 Å². The molecule has 0 amide bonds. The topological polar surface area (TPSA) is 66.3 Å². The van der Waals surface area contributed by atoms with Crippen LogP contribution < -0.4 is 14.8 Å². The number of rotatable bonds is 6. The molecule has 1 aliphatic heterocycles. The van der Waals surface area contributed by atoms with E-state index < -0.39 is 0 Å². The highest BCUT2D eigenvalue weighted by Crippen LogP contribution is 2.24. The predicted octanol–water partition coefficient (Wildman–Crippen LogP) is 3.41. The monoisotopic (exact) mass is 383 g/mol. The summed E-state index contributed by atoms with van der Waals surface area (Å²) in [7, 11) is 1.62. The van der Waals surface area contributed by atoms with Gasteiger partial charge in [0, 0.05) is 38.0 Å². The van der Waals surface area contributed by atoms with Crippen molar-refractivity contribution in [1.82, 2.24) is 10.2 Å². The van der Waals surface area contributed by atoms with Gasteiger partial charge in [0.25, 0.3) is 0 Å². The Labute approximate surface area is 166 Å². The number of guanidine groups is 1. The first kappa shape index (κ1) is 19.9. The Hall–Kier alpha value is -2.89. The van der Waals surface area contributed by atoms with Crippen LogP contribution in [0.4, 0.5) is 0 Å². The zero-order valence-corrected chi connectivity index (χ0v) is 16.6. The zero-order valence-electron chi connectivity index (χ0n) is 16.6. The van der Waals surface area contributed by atoms with Gasteiger partial charge in [-0.1, -0.05) is 18.2 Å². The second kappa shape index (κ2) is 9.88. The van der Waals surface area contributed by atoms with Crippen LogP contribution in [0.25, 0.3) is 0 Å². The third kappa shape index (κ3) is 5.31. The van der Waals surface area contributed by atoms with Gasteiger partial charge in [-0.05, 0) is 37.3 Å². The summed E-state index contributed by atoms with van der Waals surface area (Å²) >= 11 is 0. The van der Waals surface area contributed by atoms with Gasteiger partial charge >= 0.3 is 0 Å². The van der Waals surface area contributed by atoms with Crippen molar-refractivity contribution in [3.05, 3.63) is 54.1 Å². The Bertz CT molecular complexity index is 772. The number of phenols is 1. The van der Waals surface area contributed by atoms with E-state index in [-0.39, 0.29) is 11.9 Å². The van der Waals surface area contributed by atoms with Crippen LogP contribution in [0.15, 0.2) is 53.5 Å². The molecule has 0 bridgehead atoms. The lowest BCUT2D eigenvalue weighted by Gasteiger charge is -2.34. The molecule has 2 N–H and O–H groups in total. The van der Waals surface area contributed by atoms with Gasteiger partial charge in [-0.3, -0.25) is 0 Å². The van der Waals surface area contributed by atoms with Crippen LogP contribution in [0, 0.1) is 0 Å². The summed E-state index contributed by atoms with van der Waals surface area (Å²) in [6.45, 7) is 5.01. The summed E-state index contributed by atoms with van der Waals surface area (Å²) in [5.41, 5.74) is 0.747. The second-order valence-corrected chi connectivity index (χ2v) is 6.78. The third-order valence-corrected chi connectivity index (χ3v) is 4.81. The number of nitrogens with zero attached hydrogens (tertiary/aromatic N) is 2. The minimum atomic E-state index is 0.226. The van der Waals surface area contributed by atoms with Gasteiger partial charge in [0.1, 0.15) is 23.4 Å². The van der Waals surface area contributed by atoms with Gasteiger partial charge in [-0.2, -0.15) is 0 Å². The number of aliphatic imine (C=N–C) groups is 1. The van der Waals surface area contributed by atoms with Crippen LogP contribution in [0.2, 0.25) is 0 Å². The van der Waals surface area contributed by atoms with E-state index in [1.165, 1.54) is 0 Å². The highest BCUT2D eigenvalue weighted by Gasteiger charge is 2.22. The first-order chi connectivity index (χ1) is 13.7. The Morgan fingerprint density at radius 3 is 2.57 bits per heavy atom. The standard InChI is InChI=1S/C22H29N3O3/c1-3-23-22(24-16-17-15-20(27-2)9-10-21(17)26)25-13-11-19(12-14-25)28-18-7-5-4-6-8-18/h4-10,15,19,26H,3,11-14,16H2,1-2H3,(H,23,24). The molecular weight excluding hydrogens is 354 g/mol. The largest absolute Gasteiger partial charge is 0.508 e. The summed E-state index contributed by atoms with van der Waals surface area (Å²) in [6.07, 6.45) is 2.12. The van der Waals surface area contributed by atoms with Crippen molar-refractivity contribution >= 4 is 5.96 Å². The minimum absolute atomic E-state index is 0.226. The molecule has 2 aromatic rings. The highest BCUT2D eigenvalue weighted by atomic mass is 16.5. The maximum atomic E-state index is 10.1. The van der Waals surface area contributed by atoms with Crippen molar-refractivity contribution in [2.75, 3.05) is 26.7 Å². The minimum Gasteiger partial charge on any atom is -0.508 e. The van der Waals surface area contributed by atoms with Gasteiger partial charge in [-0.15, -0.1) is 0 Å². The van der Waals surface area contributed by atoms with E-state index in [0.717, 1.165) is 49.7 Å². The molecule has 28 heavy (non-hydrogen) atoms. The van der Waals surface area contributed by atoms with E-state index in [1.807, 2.05) is 36.4 Å². The maximum Gasteiger partial charge on any atom is 0.194 e. The molecule has 1 aliphatic rings. The molecule has 6 nitrogen and oxygen atoms in total. The number of nitrogens with one attached hydrogen (secondary N) is 1. The number of aromatic hydroxyl groups is 1. The molecule has 0 aliphatic carbocycles. The first-order valence-corrected chi connectivity index (χ1v) is 9.80. The van der Waals surface area contributed by atoms with Crippen molar-refractivity contribution < 1.29 is 14.6 Å². The van der Waals surface area contributed by atoms with Crippen LogP contribution in [-0.2, 0) is 6.54 Å². The zero-order chi connectivity index (χ0) is 19.8. The van der Waals surface area contributed by atoms with Gasteiger partial charge in [0.2, 0.25) is 0 Å². The molecule has 0 saturated carbocycles. The van der Waals surface area contributed by atoms with Gasteiger partial charge in [-0.25, -0.2) is 4.99 Å². The summed E-state index contributed by atoms with van der Waals surface area (Å²) in [4.78, 5) is 6.98. The molecule has 0 spiro atoms. The number of piperidine rings is 1. The van der Waals surface area contributed by atoms with Crippen LogP contribution >= 0.6 is 0 Å². The van der Waals surface area contributed by atoms with Crippen molar-refractivity contribution in [3.8, 4) is 17.2 Å². The average molecular weight is 383 g/mol. The molecule has 0 unspecified atom stereocenters. The maximum absolute atomic E-state index is 10.1. The van der Waals surface area contributed by atoms with E-state index in [2.05, 4.69) is 17.1 Å². The molecule has 3 rings (SSSR count). The third-order valence-electron chi connectivity index (χ3n) is 4.81. The van der Waals surface area contributed by atoms with Gasteiger partial charge in [0.05, 0.1) is 13.7 Å². The number of para-hydroxylation sites is 1. The number of likely N-dealkylation sites (tertiary alicyclic amines) is 1. The van der Waals surface area contributed by atoms with Crippen LogP contribution in [0.3, 0.4) is 0 Å². The lowest BCUT2D eigenvalue weighted by molar-refractivity contribution is 0.129. The number of phenolic OH excluding ortho intramolecular Hbond substituents is 1. The second-order valence-electron chi connectivity index (χ2n) is 6.78. The molecule has 6 heteroatoms. The molecule has 2 aromatic carbocycles.